The topological polar surface area (TPSA) is 82.6 Å². The molecular formula is C17H12N6O. The Bertz CT molecular complexity index is 1180. The SMILES string of the molecule is [C-]#[N+]c1ccccc1Cn1nc2c(N)nc3ccccc3n2c1=O. The fourth-order valence-electron chi connectivity index (χ4n) is 2.74. The van der Waals surface area contributed by atoms with Crippen molar-refractivity contribution >= 4 is 28.2 Å². The number of nitrogen functional groups attached to an aromatic ring is 1. The van der Waals surface area contributed by atoms with Crippen LogP contribution in [0.1, 0.15) is 5.56 Å². The summed E-state index contributed by atoms with van der Waals surface area (Å²) in [5, 5.41) is 4.31. The standard InChI is InChI=1S/C17H12N6O/c1-19-12-7-3-2-6-11(12)10-22-17(24)23-14-9-5-4-8-13(14)20-15(18)16(23)21-22/h2-9H,10H2,(H2,18,20). The fraction of sp³-hybridized carbons (Fsp3) is 0.0588. The van der Waals surface area contributed by atoms with Crippen LogP contribution < -0.4 is 11.4 Å². The van der Waals surface area contributed by atoms with Gasteiger partial charge in [0.05, 0.1) is 24.2 Å². The Morgan fingerprint density at radius 3 is 2.71 bits per heavy atom. The monoisotopic (exact) mass is 316 g/mol. The third kappa shape index (κ3) is 2.01. The normalized spacial score (nSPS) is 11.0. The highest BCUT2D eigenvalue weighted by molar-refractivity contribution is 5.81. The molecule has 0 radical (unpaired) electrons. The summed E-state index contributed by atoms with van der Waals surface area (Å²) in [6, 6.07) is 14.4. The van der Waals surface area contributed by atoms with E-state index in [9.17, 15) is 4.79 Å². The molecule has 0 bridgehead atoms. The van der Waals surface area contributed by atoms with Crippen LogP contribution in [0.4, 0.5) is 11.5 Å². The van der Waals surface area contributed by atoms with Gasteiger partial charge in [-0.3, -0.25) is 0 Å². The number of aromatic nitrogens is 4. The van der Waals surface area contributed by atoms with Crippen molar-refractivity contribution in [3.8, 4) is 0 Å². The summed E-state index contributed by atoms with van der Waals surface area (Å²) in [4.78, 5) is 20.6. The van der Waals surface area contributed by atoms with Crippen LogP contribution in [0.5, 0.6) is 0 Å². The number of rotatable bonds is 2. The van der Waals surface area contributed by atoms with Crippen LogP contribution in [0.2, 0.25) is 0 Å². The highest BCUT2D eigenvalue weighted by Gasteiger charge is 2.15. The van der Waals surface area contributed by atoms with E-state index in [4.69, 9.17) is 12.3 Å². The number of anilines is 1. The van der Waals surface area contributed by atoms with E-state index in [-0.39, 0.29) is 18.1 Å². The van der Waals surface area contributed by atoms with E-state index < -0.39 is 0 Å². The average molecular weight is 316 g/mol. The van der Waals surface area contributed by atoms with Gasteiger partial charge in [0.1, 0.15) is 0 Å². The molecule has 0 fully saturated rings. The number of nitrogens with zero attached hydrogens (tertiary/aromatic N) is 5. The highest BCUT2D eigenvalue weighted by atomic mass is 16.2. The summed E-state index contributed by atoms with van der Waals surface area (Å²) in [7, 11) is 0. The molecule has 116 valence electrons. The Morgan fingerprint density at radius 2 is 1.88 bits per heavy atom. The second kappa shape index (κ2) is 5.21. The molecule has 2 heterocycles. The van der Waals surface area contributed by atoms with E-state index >= 15 is 0 Å². The van der Waals surface area contributed by atoms with Gasteiger partial charge in [-0.05, 0) is 17.7 Å². The Labute approximate surface area is 136 Å². The van der Waals surface area contributed by atoms with Gasteiger partial charge >= 0.3 is 5.69 Å². The molecule has 0 saturated carbocycles. The molecule has 0 aliphatic carbocycles. The van der Waals surface area contributed by atoms with Gasteiger partial charge in [-0.25, -0.2) is 23.7 Å². The quantitative estimate of drug-likeness (QED) is 0.575. The number of para-hydroxylation sites is 3. The lowest BCUT2D eigenvalue weighted by Gasteiger charge is -2.02. The van der Waals surface area contributed by atoms with Gasteiger partial charge < -0.3 is 5.73 Å². The second-order valence-electron chi connectivity index (χ2n) is 5.33. The molecule has 2 N–H and O–H groups in total. The minimum absolute atomic E-state index is 0.197. The van der Waals surface area contributed by atoms with E-state index in [0.29, 0.717) is 22.4 Å². The van der Waals surface area contributed by atoms with Crippen molar-refractivity contribution in [2.75, 3.05) is 5.73 Å². The van der Waals surface area contributed by atoms with Gasteiger partial charge in [-0.2, -0.15) is 0 Å². The van der Waals surface area contributed by atoms with Crippen molar-refractivity contribution in [2.45, 2.75) is 6.54 Å². The maximum absolute atomic E-state index is 12.8. The third-order valence-corrected chi connectivity index (χ3v) is 3.86. The molecule has 0 atom stereocenters. The zero-order valence-electron chi connectivity index (χ0n) is 12.5. The smallest absolute Gasteiger partial charge is 0.351 e. The first-order valence-corrected chi connectivity index (χ1v) is 7.28. The minimum Gasteiger partial charge on any atom is -0.381 e. The van der Waals surface area contributed by atoms with Crippen molar-refractivity contribution in [1.29, 1.82) is 0 Å². The summed E-state index contributed by atoms with van der Waals surface area (Å²) in [5.74, 6) is 0.197. The van der Waals surface area contributed by atoms with Gasteiger partial charge in [0.25, 0.3) is 0 Å². The summed E-state index contributed by atoms with van der Waals surface area (Å²) in [6.07, 6.45) is 0. The molecule has 0 spiro atoms. The zero-order valence-corrected chi connectivity index (χ0v) is 12.5. The van der Waals surface area contributed by atoms with Crippen LogP contribution in [-0.4, -0.2) is 19.2 Å². The van der Waals surface area contributed by atoms with Crippen LogP contribution in [0.3, 0.4) is 0 Å². The molecule has 0 amide bonds. The van der Waals surface area contributed by atoms with Crippen molar-refractivity contribution in [3.63, 3.8) is 0 Å². The molecule has 0 saturated heterocycles. The van der Waals surface area contributed by atoms with E-state index in [1.807, 2.05) is 24.3 Å². The molecule has 0 aliphatic rings. The third-order valence-electron chi connectivity index (χ3n) is 3.86. The first kappa shape index (κ1) is 14.0. The van der Waals surface area contributed by atoms with Gasteiger partial charge in [0.15, 0.2) is 11.5 Å². The lowest BCUT2D eigenvalue weighted by atomic mass is 10.2. The molecule has 0 aliphatic heterocycles. The van der Waals surface area contributed by atoms with Crippen LogP contribution in [0.15, 0.2) is 53.3 Å². The molecule has 7 heteroatoms. The Kier molecular flexibility index (Phi) is 3.03. The first-order valence-electron chi connectivity index (χ1n) is 7.28. The molecule has 7 nitrogen and oxygen atoms in total. The predicted octanol–water partition coefficient (Wildman–Crippen LogP) is 2.23. The van der Waals surface area contributed by atoms with Crippen LogP contribution >= 0.6 is 0 Å². The molecule has 24 heavy (non-hydrogen) atoms. The summed E-state index contributed by atoms with van der Waals surface area (Å²) in [5.41, 5.74) is 8.47. The Morgan fingerprint density at radius 1 is 1.12 bits per heavy atom. The van der Waals surface area contributed by atoms with E-state index in [2.05, 4.69) is 14.9 Å². The predicted molar refractivity (Wildman–Crippen MR) is 91.0 cm³/mol. The fourth-order valence-corrected chi connectivity index (χ4v) is 2.74. The van der Waals surface area contributed by atoms with E-state index in [0.717, 1.165) is 5.56 Å². The largest absolute Gasteiger partial charge is 0.381 e. The van der Waals surface area contributed by atoms with Gasteiger partial charge in [0.2, 0.25) is 5.65 Å². The summed E-state index contributed by atoms with van der Waals surface area (Å²) < 4.78 is 2.77. The number of fused-ring (bicyclic) bond motifs is 3. The average Bonchev–Trinajstić information content (AvgIpc) is 2.93. The Balaban J connectivity index is 1.97. The maximum atomic E-state index is 12.8. The van der Waals surface area contributed by atoms with Crippen LogP contribution in [0, 0.1) is 6.57 Å². The molecule has 4 aromatic rings. The minimum atomic E-state index is -0.310. The van der Waals surface area contributed by atoms with Gasteiger partial charge in [-0.15, -0.1) is 5.10 Å². The van der Waals surface area contributed by atoms with Crippen molar-refractivity contribution in [3.05, 3.63) is 76.0 Å². The van der Waals surface area contributed by atoms with Gasteiger partial charge in [-0.1, -0.05) is 36.4 Å². The van der Waals surface area contributed by atoms with E-state index in [1.165, 1.54) is 9.08 Å². The summed E-state index contributed by atoms with van der Waals surface area (Å²) >= 11 is 0. The van der Waals surface area contributed by atoms with E-state index in [1.54, 1.807) is 24.3 Å². The molecule has 2 aromatic heterocycles. The second-order valence-corrected chi connectivity index (χ2v) is 5.33. The number of hydrogen-bond acceptors (Lipinski definition) is 4. The number of hydrogen-bond donors (Lipinski definition) is 1. The van der Waals surface area contributed by atoms with Crippen molar-refractivity contribution < 1.29 is 0 Å². The lowest BCUT2D eigenvalue weighted by Crippen LogP contribution is -2.22. The Hall–Kier alpha value is -3.66. The molecular weight excluding hydrogens is 304 g/mol. The molecule has 4 rings (SSSR count). The van der Waals surface area contributed by atoms with Crippen molar-refractivity contribution in [1.82, 2.24) is 19.2 Å². The molecule has 0 unspecified atom stereocenters. The highest BCUT2D eigenvalue weighted by Crippen LogP contribution is 2.20. The number of benzene rings is 2. The first-order chi connectivity index (χ1) is 11.7. The van der Waals surface area contributed by atoms with Crippen molar-refractivity contribution in [2.24, 2.45) is 0 Å². The lowest BCUT2D eigenvalue weighted by molar-refractivity contribution is 0.661. The van der Waals surface area contributed by atoms with Gasteiger partial charge in [0, 0.05) is 0 Å². The van der Waals surface area contributed by atoms with Crippen LogP contribution in [0.25, 0.3) is 21.5 Å². The summed E-state index contributed by atoms with van der Waals surface area (Å²) in [6.45, 7) is 7.44. The number of nitrogens with two attached hydrogens (primary N) is 1. The zero-order chi connectivity index (χ0) is 16.7. The maximum Gasteiger partial charge on any atom is 0.351 e. The van der Waals surface area contributed by atoms with Crippen LogP contribution in [-0.2, 0) is 6.54 Å². The molecule has 2 aromatic carbocycles.